The predicted octanol–water partition coefficient (Wildman–Crippen LogP) is 2.93. The molecule has 4 unspecified atom stereocenters. The normalized spacial score (nSPS) is 36.4. The van der Waals surface area contributed by atoms with E-state index in [2.05, 4.69) is 12.1 Å². The van der Waals surface area contributed by atoms with E-state index in [0.717, 1.165) is 5.56 Å². The maximum atomic E-state index is 13.3. The molecule has 2 aliphatic heterocycles. The van der Waals surface area contributed by atoms with E-state index < -0.39 is 15.7 Å². The number of nitrogens with zero attached hydrogens (tertiary/aromatic N) is 1. The quantitative estimate of drug-likeness (QED) is 0.850. The SMILES string of the molecule is Cc1ccc(S(=O)(=O)N2CC3C4COC2(C)C43c2ccccc2)cc1. The second-order valence-corrected chi connectivity index (χ2v) is 9.45. The van der Waals surface area contributed by atoms with E-state index in [1.807, 2.05) is 44.2 Å². The molecule has 4 nitrogen and oxygen atoms in total. The van der Waals surface area contributed by atoms with Gasteiger partial charge < -0.3 is 4.74 Å². The third kappa shape index (κ3) is 1.71. The van der Waals surface area contributed by atoms with E-state index in [1.54, 1.807) is 16.4 Å². The summed E-state index contributed by atoms with van der Waals surface area (Å²) in [4.78, 5) is 0.343. The zero-order chi connectivity index (χ0) is 17.4. The van der Waals surface area contributed by atoms with Gasteiger partial charge >= 0.3 is 0 Å². The van der Waals surface area contributed by atoms with E-state index in [4.69, 9.17) is 4.74 Å². The van der Waals surface area contributed by atoms with Crippen molar-refractivity contribution in [1.29, 1.82) is 0 Å². The van der Waals surface area contributed by atoms with Crippen LogP contribution >= 0.6 is 0 Å². The van der Waals surface area contributed by atoms with Crippen LogP contribution in [0.2, 0.25) is 0 Å². The topological polar surface area (TPSA) is 46.6 Å². The maximum absolute atomic E-state index is 13.3. The van der Waals surface area contributed by atoms with Crippen LogP contribution in [-0.2, 0) is 20.2 Å². The first-order valence-corrected chi connectivity index (χ1v) is 10.2. The van der Waals surface area contributed by atoms with Crippen LogP contribution in [-0.4, -0.2) is 31.6 Å². The van der Waals surface area contributed by atoms with Crippen molar-refractivity contribution in [3.8, 4) is 0 Å². The van der Waals surface area contributed by atoms with Gasteiger partial charge in [0.05, 0.1) is 11.5 Å². The lowest BCUT2D eigenvalue weighted by atomic mass is 9.85. The number of benzene rings is 2. The molecule has 0 amide bonds. The van der Waals surface area contributed by atoms with Crippen molar-refractivity contribution in [1.82, 2.24) is 4.31 Å². The first-order chi connectivity index (χ1) is 11.9. The lowest BCUT2D eigenvalue weighted by molar-refractivity contribution is -0.0716. The monoisotopic (exact) mass is 355 g/mol. The molecule has 2 aromatic carbocycles. The molecule has 0 aromatic heterocycles. The Labute approximate surface area is 148 Å². The van der Waals surface area contributed by atoms with Crippen molar-refractivity contribution in [3.63, 3.8) is 0 Å². The summed E-state index contributed by atoms with van der Waals surface area (Å²) in [5.74, 6) is 0.762. The van der Waals surface area contributed by atoms with Crippen molar-refractivity contribution in [2.45, 2.75) is 29.9 Å². The van der Waals surface area contributed by atoms with E-state index in [9.17, 15) is 8.42 Å². The van der Waals surface area contributed by atoms with Crippen LogP contribution in [0, 0.1) is 18.8 Å². The maximum Gasteiger partial charge on any atom is 0.245 e. The molecule has 0 spiro atoms. The first kappa shape index (κ1) is 15.6. The number of hydrogen-bond donors (Lipinski definition) is 0. The predicted molar refractivity (Wildman–Crippen MR) is 94.5 cm³/mol. The highest BCUT2D eigenvalue weighted by Crippen LogP contribution is 2.76. The van der Waals surface area contributed by atoms with Crippen LogP contribution in [0.4, 0.5) is 0 Å². The van der Waals surface area contributed by atoms with Crippen LogP contribution in [0.25, 0.3) is 0 Å². The van der Waals surface area contributed by atoms with Crippen LogP contribution in [0.1, 0.15) is 18.1 Å². The summed E-state index contributed by atoms with van der Waals surface area (Å²) in [6.07, 6.45) is 0. The van der Waals surface area contributed by atoms with Gasteiger partial charge in [0.1, 0.15) is 5.72 Å². The summed E-state index contributed by atoms with van der Waals surface area (Å²) in [6.45, 7) is 5.08. The molecule has 1 aliphatic carbocycles. The highest BCUT2D eigenvalue weighted by atomic mass is 32.2. The Balaban J connectivity index is 1.61. The molecule has 25 heavy (non-hydrogen) atoms. The van der Waals surface area contributed by atoms with Gasteiger partial charge in [0.2, 0.25) is 10.0 Å². The molecule has 0 bridgehead atoms. The summed E-state index contributed by atoms with van der Waals surface area (Å²) in [5, 5.41) is 0. The molecule has 0 N–H and O–H groups in total. The Morgan fingerprint density at radius 3 is 2.40 bits per heavy atom. The number of hydrogen-bond acceptors (Lipinski definition) is 3. The lowest BCUT2D eigenvalue weighted by Crippen LogP contribution is -2.52. The molecule has 3 fully saturated rings. The molecular weight excluding hydrogens is 334 g/mol. The van der Waals surface area contributed by atoms with Gasteiger partial charge in [0, 0.05) is 17.9 Å². The molecule has 5 heteroatoms. The Hall–Kier alpha value is -1.69. The zero-order valence-corrected chi connectivity index (χ0v) is 15.2. The van der Waals surface area contributed by atoms with Gasteiger partial charge in [-0.1, -0.05) is 48.0 Å². The molecule has 3 aliphatic rings. The molecule has 2 saturated heterocycles. The molecule has 5 rings (SSSR count). The fraction of sp³-hybridized carbons (Fsp3) is 0.400. The molecule has 2 heterocycles. The third-order valence-corrected chi connectivity index (χ3v) is 8.50. The molecular formula is C20H21NO3S. The number of fused-ring (bicyclic) bond motifs is 1. The van der Waals surface area contributed by atoms with Crippen LogP contribution in [0.5, 0.6) is 0 Å². The fourth-order valence-electron chi connectivity index (χ4n) is 5.32. The van der Waals surface area contributed by atoms with Gasteiger partial charge in [-0.25, -0.2) is 8.42 Å². The number of piperidine rings is 1. The standard InChI is InChI=1S/C20H21NO3S/c1-14-8-10-16(11-9-14)25(22,23)21-12-17-18-13-24-19(21,2)20(17,18)15-6-4-3-5-7-15/h3-11,17-18H,12-13H2,1-2H3. The van der Waals surface area contributed by atoms with Gasteiger partial charge in [-0.05, 0) is 37.5 Å². The molecule has 0 radical (unpaired) electrons. The van der Waals surface area contributed by atoms with Crippen LogP contribution < -0.4 is 0 Å². The molecule has 2 aromatic rings. The van der Waals surface area contributed by atoms with E-state index >= 15 is 0 Å². The Morgan fingerprint density at radius 1 is 1.04 bits per heavy atom. The minimum atomic E-state index is -3.59. The Kier molecular flexibility index (Phi) is 2.94. The average molecular weight is 355 g/mol. The third-order valence-electron chi connectivity index (χ3n) is 6.56. The van der Waals surface area contributed by atoms with Crippen molar-refractivity contribution in [3.05, 3.63) is 65.7 Å². The number of sulfonamides is 1. The highest BCUT2D eigenvalue weighted by Gasteiger charge is 2.85. The van der Waals surface area contributed by atoms with Gasteiger partial charge in [-0.3, -0.25) is 0 Å². The van der Waals surface area contributed by atoms with Crippen molar-refractivity contribution < 1.29 is 13.2 Å². The van der Waals surface area contributed by atoms with Gasteiger partial charge in [-0.2, -0.15) is 4.31 Å². The van der Waals surface area contributed by atoms with Gasteiger partial charge in [0.25, 0.3) is 0 Å². The van der Waals surface area contributed by atoms with Crippen molar-refractivity contribution in [2.75, 3.05) is 13.2 Å². The van der Waals surface area contributed by atoms with Crippen LogP contribution in [0.3, 0.4) is 0 Å². The smallest absolute Gasteiger partial charge is 0.245 e. The van der Waals surface area contributed by atoms with Gasteiger partial charge in [0.15, 0.2) is 0 Å². The van der Waals surface area contributed by atoms with E-state index in [1.165, 1.54) is 5.56 Å². The second-order valence-electron chi connectivity index (χ2n) is 7.59. The summed E-state index contributed by atoms with van der Waals surface area (Å²) in [5.41, 5.74) is 1.23. The number of rotatable bonds is 3. The molecule has 1 saturated carbocycles. The van der Waals surface area contributed by atoms with Crippen LogP contribution in [0.15, 0.2) is 59.5 Å². The molecule has 4 atom stereocenters. The van der Waals surface area contributed by atoms with E-state index in [0.29, 0.717) is 29.9 Å². The Bertz CT molecular complexity index is 941. The minimum absolute atomic E-state index is 0.202. The van der Waals surface area contributed by atoms with Crippen molar-refractivity contribution >= 4 is 10.0 Å². The Morgan fingerprint density at radius 2 is 1.72 bits per heavy atom. The van der Waals surface area contributed by atoms with E-state index in [-0.39, 0.29) is 5.41 Å². The minimum Gasteiger partial charge on any atom is -0.358 e. The van der Waals surface area contributed by atoms with Crippen molar-refractivity contribution in [2.24, 2.45) is 11.8 Å². The fourth-order valence-corrected chi connectivity index (χ4v) is 7.08. The molecule has 130 valence electrons. The second kappa shape index (κ2) is 4.72. The largest absolute Gasteiger partial charge is 0.358 e. The summed E-state index contributed by atoms with van der Waals surface area (Å²) in [7, 11) is -3.59. The summed E-state index contributed by atoms with van der Waals surface area (Å²) < 4.78 is 34.4. The summed E-state index contributed by atoms with van der Waals surface area (Å²) in [6, 6.07) is 17.4. The highest BCUT2D eigenvalue weighted by molar-refractivity contribution is 7.89. The van der Waals surface area contributed by atoms with Gasteiger partial charge in [-0.15, -0.1) is 0 Å². The zero-order valence-electron chi connectivity index (χ0n) is 14.3. The first-order valence-electron chi connectivity index (χ1n) is 8.71. The average Bonchev–Trinajstić information content (AvgIpc) is 3.10. The lowest BCUT2D eigenvalue weighted by Gasteiger charge is -2.38. The number of aryl methyl sites for hydroxylation is 1. The number of ether oxygens (including phenoxy) is 1. The summed E-state index contributed by atoms with van der Waals surface area (Å²) >= 11 is 0.